The van der Waals surface area contributed by atoms with E-state index in [2.05, 4.69) is 123 Å². The highest BCUT2D eigenvalue weighted by Gasteiger charge is 2.22. The SMILES string of the molecule is CC/C=C\C/C=C\C/C=C\C/C=C\C/C=C\C/C=C\C/C=C\C/C=C\C/C=C\CCCCCCCCCCCCCCCC(=O)OC(COC(=O)CCCCCCCCCCCCCCCCCCCCCCCCCCCCCCCC)COP(=O)([O-])OCC[N+](C)(C)C. The predicted octanol–water partition coefficient (Wildman–Crippen LogP) is 26.2. The summed E-state index contributed by atoms with van der Waals surface area (Å²) in [5.41, 5.74) is 0. The van der Waals surface area contributed by atoms with Crippen LogP contribution >= 0.6 is 7.82 Å². The summed E-state index contributed by atoms with van der Waals surface area (Å²) in [4.78, 5) is 38.2. The van der Waals surface area contributed by atoms with Crippen LogP contribution in [0.2, 0.25) is 0 Å². The molecule has 0 aliphatic carbocycles. The van der Waals surface area contributed by atoms with Gasteiger partial charge in [-0.25, -0.2) is 0 Å². The number of carbonyl (C=O) groups excluding carboxylic acids is 2. The Morgan fingerprint density at radius 1 is 0.337 bits per heavy atom. The van der Waals surface area contributed by atoms with Crippen LogP contribution in [0.15, 0.2) is 109 Å². The van der Waals surface area contributed by atoms with Crippen LogP contribution in [0.25, 0.3) is 0 Å². The first-order chi connectivity index (χ1) is 46.5. The number of hydrogen-bond acceptors (Lipinski definition) is 8. The van der Waals surface area contributed by atoms with E-state index in [1.807, 2.05) is 21.1 Å². The van der Waals surface area contributed by atoms with Crippen molar-refractivity contribution >= 4 is 19.8 Å². The normalized spacial score (nSPS) is 13.6. The van der Waals surface area contributed by atoms with Gasteiger partial charge in [0.2, 0.25) is 0 Å². The minimum atomic E-state index is -4.65. The Labute approximate surface area is 588 Å². The van der Waals surface area contributed by atoms with E-state index < -0.39 is 26.5 Å². The summed E-state index contributed by atoms with van der Waals surface area (Å²) in [6.45, 7) is 4.18. The number of phosphoric acid groups is 1. The second kappa shape index (κ2) is 74.9. The lowest BCUT2D eigenvalue weighted by atomic mass is 10.0. The number of allylic oxidation sites excluding steroid dienone is 18. The molecule has 2 unspecified atom stereocenters. The van der Waals surface area contributed by atoms with Gasteiger partial charge >= 0.3 is 11.9 Å². The molecule has 95 heavy (non-hydrogen) atoms. The highest BCUT2D eigenvalue weighted by Crippen LogP contribution is 2.38. The molecule has 0 aliphatic heterocycles. The molecule has 0 aromatic carbocycles. The van der Waals surface area contributed by atoms with Crippen LogP contribution in [0.5, 0.6) is 0 Å². The van der Waals surface area contributed by atoms with Gasteiger partial charge in [0.25, 0.3) is 7.82 Å². The van der Waals surface area contributed by atoms with Crippen molar-refractivity contribution in [1.29, 1.82) is 0 Å². The van der Waals surface area contributed by atoms with Crippen LogP contribution in [-0.4, -0.2) is 70.0 Å². The third-order valence-corrected chi connectivity index (χ3v) is 18.5. The molecule has 0 aromatic rings. The fourth-order valence-corrected chi connectivity index (χ4v) is 12.2. The van der Waals surface area contributed by atoms with Gasteiger partial charge in [0, 0.05) is 12.8 Å². The number of hydrogen-bond donors (Lipinski definition) is 0. The molecule has 0 saturated heterocycles. The average molecular weight is 1350 g/mol. The Hall–Kier alpha value is -3.33. The van der Waals surface area contributed by atoms with Gasteiger partial charge in [0.15, 0.2) is 6.10 Å². The van der Waals surface area contributed by atoms with Gasteiger partial charge in [-0.1, -0.05) is 380 Å². The van der Waals surface area contributed by atoms with Crippen molar-refractivity contribution < 1.29 is 42.1 Å². The number of rotatable bonds is 74. The van der Waals surface area contributed by atoms with Crippen molar-refractivity contribution in [3.8, 4) is 0 Å². The largest absolute Gasteiger partial charge is 0.756 e. The maximum Gasteiger partial charge on any atom is 0.306 e. The van der Waals surface area contributed by atoms with Gasteiger partial charge in [-0.05, 0) is 83.5 Å². The van der Waals surface area contributed by atoms with Crippen LogP contribution in [-0.2, 0) is 32.7 Å². The maximum atomic E-state index is 12.9. The molecule has 0 spiro atoms. The smallest absolute Gasteiger partial charge is 0.306 e. The zero-order chi connectivity index (χ0) is 69.0. The summed E-state index contributed by atoms with van der Waals surface area (Å²) in [7, 11) is 1.17. The highest BCUT2D eigenvalue weighted by atomic mass is 31.2. The molecule has 550 valence electrons. The van der Waals surface area contributed by atoms with Gasteiger partial charge in [-0.3, -0.25) is 14.2 Å². The molecule has 0 aromatic heterocycles. The highest BCUT2D eigenvalue weighted by molar-refractivity contribution is 7.45. The van der Waals surface area contributed by atoms with E-state index in [1.165, 1.54) is 238 Å². The van der Waals surface area contributed by atoms with Crippen LogP contribution < -0.4 is 4.89 Å². The predicted molar refractivity (Wildman–Crippen MR) is 411 cm³/mol. The standard InChI is InChI=1S/C85H152NO8P/c1-6-8-10-12-14-16-18-20-22-24-26-28-30-32-34-36-38-39-40-41-42-43-44-45-46-47-48-50-52-54-56-58-60-62-64-66-68-70-72-74-76-78-85(88)94-83(82-93-95(89,90)92-80-79-86(3,4)5)81-91-84(87)77-75-73-71-69-67-65-63-61-59-57-55-53-51-49-37-35-33-31-29-27-25-23-21-19-17-15-13-11-9-7-2/h8,10,14,16,20,22,26,28,32,34,38-39,41-42,44-45,47-48,83H,6-7,9,11-13,15,17-19,21,23-25,27,29-31,33,35-37,40,43,46,49-82H2,1-5H3/b10-8-,16-14-,22-20-,28-26-,34-32-,39-38-,42-41-,45-44-,48-47-. The van der Waals surface area contributed by atoms with Crippen molar-refractivity contribution in [2.45, 2.75) is 373 Å². The summed E-state index contributed by atoms with van der Waals surface area (Å²) in [5, 5.41) is 0. The topological polar surface area (TPSA) is 111 Å². The minimum Gasteiger partial charge on any atom is -0.756 e. The first kappa shape index (κ1) is 91.7. The number of esters is 2. The fourth-order valence-electron chi connectivity index (χ4n) is 11.5. The number of likely N-dealkylation sites (N-methyl/N-ethyl adjacent to an activating group) is 1. The number of carbonyl (C=O) groups is 2. The zero-order valence-corrected chi connectivity index (χ0v) is 63.7. The molecule has 0 bridgehead atoms. The molecule has 0 rings (SSSR count). The molecule has 0 heterocycles. The summed E-state index contributed by atoms with van der Waals surface area (Å²) < 4.78 is 34.4. The van der Waals surface area contributed by atoms with Crippen LogP contribution in [0.1, 0.15) is 367 Å². The van der Waals surface area contributed by atoms with E-state index in [0.717, 1.165) is 96.3 Å². The monoisotopic (exact) mass is 1350 g/mol. The van der Waals surface area contributed by atoms with Gasteiger partial charge < -0.3 is 27.9 Å². The lowest BCUT2D eigenvalue weighted by molar-refractivity contribution is -0.870. The first-order valence-corrected chi connectivity index (χ1v) is 41.6. The number of phosphoric ester groups is 1. The third-order valence-electron chi connectivity index (χ3n) is 17.6. The van der Waals surface area contributed by atoms with E-state index in [-0.39, 0.29) is 32.0 Å². The van der Waals surface area contributed by atoms with Crippen LogP contribution in [0.3, 0.4) is 0 Å². The quantitative estimate of drug-likeness (QED) is 0.0195. The third kappa shape index (κ3) is 79.5. The van der Waals surface area contributed by atoms with E-state index in [4.69, 9.17) is 18.5 Å². The molecule has 10 heteroatoms. The zero-order valence-electron chi connectivity index (χ0n) is 62.8. The van der Waals surface area contributed by atoms with Gasteiger partial charge in [0.05, 0.1) is 27.7 Å². The van der Waals surface area contributed by atoms with E-state index in [0.29, 0.717) is 17.4 Å². The number of nitrogens with zero attached hydrogens (tertiary/aromatic N) is 1. The minimum absolute atomic E-state index is 0.0324. The number of unbranched alkanes of at least 4 members (excludes halogenated alkanes) is 42. The molecular weight excluding hydrogens is 1190 g/mol. The first-order valence-electron chi connectivity index (χ1n) is 40.1. The van der Waals surface area contributed by atoms with Crippen LogP contribution in [0.4, 0.5) is 0 Å². The van der Waals surface area contributed by atoms with Gasteiger partial charge in [0.1, 0.15) is 19.8 Å². The van der Waals surface area contributed by atoms with Crippen LogP contribution in [0, 0.1) is 0 Å². The van der Waals surface area contributed by atoms with Crippen molar-refractivity contribution in [3.63, 3.8) is 0 Å². The molecule has 9 nitrogen and oxygen atoms in total. The Morgan fingerprint density at radius 3 is 0.895 bits per heavy atom. The van der Waals surface area contributed by atoms with Crippen molar-refractivity contribution in [2.75, 3.05) is 47.5 Å². The summed E-state index contributed by atoms with van der Waals surface area (Å²) >= 11 is 0. The Kier molecular flexibility index (Phi) is 72.3. The second-order valence-corrected chi connectivity index (χ2v) is 29.5. The molecule has 0 amide bonds. The molecule has 0 fully saturated rings. The molecule has 0 saturated carbocycles. The molecule has 0 radical (unpaired) electrons. The lowest BCUT2D eigenvalue weighted by Gasteiger charge is -2.28. The second-order valence-electron chi connectivity index (χ2n) is 28.1. The Balaban J connectivity index is 3.98. The number of ether oxygens (including phenoxy) is 2. The Bertz CT molecular complexity index is 1970. The lowest BCUT2D eigenvalue weighted by Crippen LogP contribution is -2.37. The summed E-state index contributed by atoms with van der Waals surface area (Å²) in [6, 6.07) is 0. The van der Waals surface area contributed by atoms with Crippen molar-refractivity contribution in [1.82, 2.24) is 0 Å². The van der Waals surface area contributed by atoms with E-state index in [1.54, 1.807) is 0 Å². The van der Waals surface area contributed by atoms with Gasteiger partial charge in [-0.15, -0.1) is 0 Å². The van der Waals surface area contributed by atoms with Crippen molar-refractivity contribution in [2.24, 2.45) is 0 Å². The average Bonchev–Trinajstić information content (AvgIpc) is 1.81. The fraction of sp³-hybridized carbons (Fsp3) is 0.765. The van der Waals surface area contributed by atoms with E-state index in [9.17, 15) is 19.0 Å². The van der Waals surface area contributed by atoms with Crippen molar-refractivity contribution in [3.05, 3.63) is 109 Å². The molecular formula is C85H152NO8P. The van der Waals surface area contributed by atoms with E-state index >= 15 is 0 Å². The van der Waals surface area contributed by atoms with Gasteiger partial charge in [-0.2, -0.15) is 0 Å². The summed E-state index contributed by atoms with van der Waals surface area (Å²) in [5.74, 6) is -0.821. The number of quaternary nitrogens is 1. The molecule has 0 N–H and O–H groups in total. The maximum absolute atomic E-state index is 12.9. The Morgan fingerprint density at radius 2 is 0.600 bits per heavy atom. The molecule has 0 aliphatic rings. The summed E-state index contributed by atoms with van der Waals surface area (Å²) in [6.07, 6.45) is 106. The molecule has 2 atom stereocenters.